The molecule has 2 heterocycles. The average molecular weight is 880 g/mol. The summed E-state index contributed by atoms with van der Waals surface area (Å²) in [6.45, 7) is 0. The summed E-state index contributed by atoms with van der Waals surface area (Å²) in [7, 11) is 0. The van der Waals surface area contributed by atoms with Gasteiger partial charge in [0.1, 0.15) is 22.3 Å². The number of furan rings is 2. The standard InChI is InChI=1S/C66H41NO2/c1-4-18-53-47(13-1)38-49(39-61(53)60-24-12-23-59-57-22-8-10-26-64(57)69-66(59)60)43-29-34-51(35-30-43)67(62-40-48-14-2-3-17-52(48)54-19-5-6-20-55(54)62)50-32-27-42(28-33-50)44-15-11-16-45(37-44)46-31-36-58-56-21-7-9-25-63(56)68-65(58)41-46/h1-41H. The van der Waals surface area contributed by atoms with Crippen molar-refractivity contribution in [2.75, 3.05) is 4.90 Å². The Morgan fingerprint density at radius 2 is 0.754 bits per heavy atom. The molecule has 0 fully saturated rings. The Morgan fingerprint density at radius 1 is 0.246 bits per heavy atom. The van der Waals surface area contributed by atoms with Gasteiger partial charge in [-0.3, -0.25) is 0 Å². The summed E-state index contributed by atoms with van der Waals surface area (Å²) in [5.74, 6) is 0. The van der Waals surface area contributed by atoms with E-state index in [2.05, 4.69) is 235 Å². The van der Waals surface area contributed by atoms with Gasteiger partial charge in [0, 0.05) is 43.9 Å². The van der Waals surface area contributed by atoms with Crippen LogP contribution < -0.4 is 4.90 Å². The fraction of sp³-hybridized carbons (Fsp3) is 0. The van der Waals surface area contributed by atoms with Crippen LogP contribution in [-0.2, 0) is 0 Å². The molecule has 322 valence electrons. The third-order valence-electron chi connectivity index (χ3n) is 14.0. The van der Waals surface area contributed by atoms with Crippen molar-refractivity contribution in [3.8, 4) is 44.5 Å². The van der Waals surface area contributed by atoms with Crippen molar-refractivity contribution in [1.29, 1.82) is 0 Å². The summed E-state index contributed by atoms with van der Waals surface area (Å²) in [4.78, 5) is 2.41. The van der Waals surface area contributed by atoms with Crippen LogP contribution in [0.3, 0.4) is 0 Å². The molecule has 14 aromatic rings. The molecule has 0 N–H and O–H groups in total. The van der Waals surface area contributed by atoms with E-state index in [9.17, 15) is 0 Å². The zero-order valence-electron chi connectivity index (χ0n) is 37.4. The summed E-state index contributed by atoms with van der Waals surface area (Å²) in [6, 6.07) is 89.6. The molecule has 0 aliphatic rings. The van der Waals surface area contributed by atoms with Crippen LogP contribution in [0.15, 0.2) is 258 Å². The highest BCUT2D eigenvalue weighted by Crippen LogP contribution is 2.45. The number of anilines is 3. The van der Waals surface area contributed by atoms with Crippen molar-refractivity contribution < 1.29 is 8.83 Å². The monoisotopic (exact) mass is 879 g/mol. The Morgan fingerprint density at radius 3 is 1.49 bits per heavy atom. The molecule has 0 unspecified atom stereocenters. The van der Waals surface area contributed by atoms with Gasteiger partial charge in [0.05, 0.1) is 5.69 Å². The second-order valence-electron chi connectivity index (χ2n) is 18.0. The fourth-order valence-corrected chi connectivity index (χ4v) is 10.7. The lowest BCUT2D eigenvalue weighted by molar-refractivity contribution is 0.669. The third-order valence-corrected chi connectivity index (χ3v) is 14.0. The van der Waals surface area contributed by atoms with Crippen LogP contribution in [0, 0.1) is 0 Å². The van der Waals surface area contributed by atoms with E-state index >= 15 is 0 Å². The lowest BCUT2D eigenvalue weighted by Crippen LogP contribution is -2.10. The van der Waals surface area contributed by atoms with Gasteiger partial charge in [0.2, 0.25) is 0 Å². The molecule has 3 nitrogen and oxygen atoms in total. The Bertz CT molecular complexity index is 4310. The van der Waals surface area contributed by atoms with E-state index in [0.717, 1.165) is 105 Å². The van der Waals surface area contributed by atoms with Gasteiger partial charge in [0.25, 0.3) is 0 Å². The minimum atomic E-state index is 0.900. The van der Waals surface area contributed by atoms with Gasteiger partial charge in [-0.1, -0.05) is 176 Å². The van der Waals surface area contributed by atoms with Crippen LogP contribution in [0.1, 0.15) is 0 Å². The predicted octanol–water partition coefficient (Wildman–Crippen LogP) is 19.1. The normalized spacial score (nSPS) is 11.8. The lowest BCUT2D eigenvalue weighted by atomic mass is 9.92. The second-order valence-corrected chi connectivity index (χ2v) is 18.0. The van der Waals surface area contributed by atoms with E-state index in [1.165, 1.54) is 32.3 Å². The molecule has 0 aliphatic carbocycles. The third kappa shape index (κ3) is 6.51. The Labute approximate surface area is 398 Å². The van der Waals surface area contributed by atoms with Gasteiger partial charge in [-0.25, -0.2) is 0 Å². The van der Waals surface area contributed by atoms with E-state index in [4.69, 9.17) is 8.83 Å². The largest absolute Gasteiger partial charge is 0.456 e. The highest BCUT2D eigenvalue weighted by molar-refractivity contribution is 6.15. The Balaban J connectivity index is 0.871. The van der Waals surface area contributed by atoms with Gasteiger partial charge >= 0.3 is 0 Å². The maximum atomic E-state index is 6.58. The average Bonchev–Trinajstić information content (AvgIpc) is 3.99. The van der Waals surface area contributed by atoms with Crippen LogP contribution >= 0.6 is 0 Å². The quantitative estimate of drug-likeness (QED) is 0.149. The molecule has 0 saturated heterocycles. The minimum absolute atomic E-state index is 0.900. The van der Waals surface area contributed by atoms with Crippen molar-refractivity contribution in [1.82, 2.24) is 0 Å². The zero-order valence-corrected chi connectivity index (χ0v) is 37.4. The van der Waals surface area contributed by atoms with Crippen molar-refractivity contribution in [2.45, 2.75) is 0 Å². The lowest BCUT2D eigenvalue weighted by Gasteiger charge is -2.28. The number of nitrogens with zero attached hydrogens (tertiary/aromatic N) is 1. The zero-order chi connectivity index (χ0) is 45.4. The molecule has 0 atom stereocenters. The van der Waals surface area contributed by atoms with E-state index in [1.54, 1.807) is 0 Å². The molecule has 0 bridgehead atoms. The second kappa shape index (κ2) is 15.7. The number of para-hydroxylation sites is 3. The van der Waals surface area contributed by atoms with Crippen LogP contribution in [0.4, 0.5) is 17.1 Å². The molecule has 0 aliphatic heterocycles. The first-order valence-corrected chi connectivity index (χ1v) is 23.6. The Hall–Kier alpha value is -9.18. The van der Waals surface area contributed by atoms with Crippen molar-refractivity contribution in [2.24, 2.45) is 0 Å². The number of hydrogen-bond donors (Lipinski definition) is 0. The summed E-state index contributed by atoms with van der Waals surface area (Å²) in [5.41, 5.74) is 16.0. The molecule has 0 amide bonds. The molecule has 0 saturated carbocycles. The number of hydrogen-bond acceptors (Lipinski definition) is 3. The smallest absolute Gasteiger partial charge is 0.143 e. The molecule has 69 heavy (non-hydrogen) atoms. The van der Waals surface area contributed by atoms with E-state index in [-0.39, 0.29) is 0 Å². The van der Waals surface area contributed by atoms with Crippen molar-refractivity contribution in [3.63, 3.8) is 0 Å². The highest BCUT2D eigenvalue weighted by Gasteiger charge is 2.20. The maximum absolute atomic E-state index is 6.58. The fourth-order valence-electron chi connectivity index (χ4n) is 10.7. The van der Waals surface area contributed by atoms with Crippen LogP contribution in [-0.4, -0.2) is 0 Å². The summed E-state index contributed by atoms with van der Waals surface area (Å²) in [5, 5.41) is 11.8. The minimum Gasteiger partial charge on any atom is -0.456 e. The molecule has 2 aromatic heterocycles. The summed E-state index contributed by atoms with van der Waals surface area (Å²) >= 11 is 0. The van der Waals surface area contributed by atoms with Crippen molar-refractivity contribution in [3.05, 3.63) is 249 Å². The molecule has 12 aromatic carbocycles. The van der Waals surface area contributed by atoms with Gasteiger partial charge < -0.3 is 13.7 Å². The van der Waals surface area contributed by atoms with Crippen LogP contribution in [0.25, 0.3) is 121 Å². The summed E-state index contributed by atoms with van der Waals surface area (Å²) in [6.07, 6.45) is 0. The molecule has 14 rings (SSSR count). The number of rotatable bonds is 7. The molecule has 0 radical (unpaired) electrons. The van der Waals surface area contributed by atoms with Crippen LogP contribution in [0.5, 0.6) is 0 Å². The first kappa shape index (κ1) is 39.0. The molecule has 0 spiro atoms. The molecule has 3 heteroatoms. The first-order chi connectivity index (χ1) is 34.2. The number of fused-ring (bicyclic) bond motifs is 10. The first-order valence-electron chi connectivity index (χ1n) is 23.6. The highest BCUT2D eigenvalue weighted by atomic mass is 16.3. The van der Waals surface area contributed by atoms with Gasteiger partial charge in [0.15, 0.2) is 0 Å². The van der Waals surface area contributed by atoms with Crippen molar-refractivity contribution >= 4 is 93.3 Å². The predicted molar refractivity (Wildman–Crippen MR) is 290 cm³/mol. The van der Waals surface area contributed by atoms with Crippen LogP contribution in [0.2, 0.25) is 0 Å². The molecular formula is C66H41NO2. The van der Waals surface area contributed by atoms with Gasteiger partial charge in [-0.05, 0) is 139 Å². The van der Waals surface area contributed by atoms with E-state index < -0.39 is 0 Å². The SMILES string of the molecule is c1cc(-c2ccc(N(c3ccc(-c4cc(-c5cccc6c5oc5ccccc56)c5ccccc5c4)cc3)c3cc4ccccc4c4ccccc34)cc2)cc(-c2ccc3c(c2)oc2ccccc23)c1. The van der Waals surface area contributed by atoms with Gasteiger partial charge in [-0.2, -0.15) is 0 Å². The topological polar surface area (TPSA) is 29.5 Å². The number of benzene rings is 12. The molecular weight excluding hydrogens is 839 g/mol. The Kier molecular flexibility index (Phi) is 8.90. The maximum Gasteiger partial charge on any atom is 0.143 e. The summed E-state index contributed by atoms with van der Waals surface area (Å²) < 4.78 is 12.9. The van der Waals surface area contributed by atoms with E-state index in [1.807, 2.05) is 18.2 Å². The van der Waals surface area contributed by atoms with E-state index in [0.29, 0.717) is 0 Å². The van der Waals surface area contributed by atoms with Gasteiger partial charge in [-0.15, -0.1) is 0 Å².